The lowest BCUT2D eigenvalue weighted by atomic mass is 9.84. The second kappa shape index (κ2) is 21.9. The van der Waals surface area contributed by atoms with Gasteiger partial charge in [0.2, 0.25) is 0 Å². The quantitative estimate of drug-likeness (QED) is 0.128. The first-order valence-corrected chi connectivity index (χ1v) is 27.6. The summed E-state index contributed by atoms with van der Waals surface area (Å²) >= 11 is 0. The third-order valence-electron chi connectivity index (χ3n) is 15.8. The molecular formula is C72H40F12N6. The second-order valence-electron chi connectivity index (χ2n) is 21.1. The van der Waals surface area contributed by atoms with Crippen molar-refractivity contribution in [3.8, 4) is 45.8 Å². The lowest BCUT2D eigenvalue weighted by Crippen LogP contribution is -2.15. The number of fused-ring (bicyclic) bond motifs is 6. The van der Waals surface area contributed by atoms with Crippen LogP contribution >= 0.6 is 0 Å². The van der Waals surface area contributed by atoms with Crippen LogP contribution in [0.5, 0.6) is 0 Å². The first-order chi connectivity index (χ1) is 43.1. The van der Waals surface area contributed by atoms with Crippen LogP contribution in [0, 0.1) is 22.7 Å². The lowest BCUT2D eigenvalue weighted by molar-refractivity contribution is -0.138. The molecule has 0 aliphatic heterocycles. The second-order valence-corrected chi connectivity index (χ2v) is 21.1. The third kappa shape index (κ3) is 9.92. The number of nitriles is 2. The van der Waals surface area contributed by atoms with Crippen molar-refractivity contribution in [2.24, 2.45) is 0 Å². The Balaban J connectivity index is 1.33. The maximum absolute atomic E-state index is 15.1. The summed E-state index contributed by atoms with van der Waals surface area (Å²) < 4.78 is 182. The monoisotopic (exact) mass is 1220 g/mol. The van der Waals surface area contributed by atoms with Crippen molar-refractivity contribution in [2.75, 3.05) is 9.80 Å². The number of halogens is 12. The van der Waals surface area contributed by atoms with Crippen molar-refractivity contribution in [3.05, 3.63) is 276 Å². The summed E-state index contributed by atoms with van der Waals surface area (Å²) in [5, 5.41) is 23.5. The molecule has 11 aromatic carbocycles. The fraction of sp³-hybridized carbons (Fsp3) is 0.0556. The van der Waals surface area contributed by atoms with Crippen LogP contribution in [-0.2, 0) is 24.7 Å². The Morgan fingerprint density at radius 3 is 0.789 bits per heavy atom. The van der Waals surface area contributed by atoms with Crippen LogP contribution < -0.4 is 9.80 Å². The molecule has 13 rings (SSSR count). The van der Waals surface area contributed by atoms with Crippen LogP contribution in [0.1, 0.15) is 33.4 Å². The molecule has 0 saturated heterocycles. The molecule has 0 bridgehead atoms. The van der Waals surface area contributed by atoms with Gasteiger partial charge in [-0.3, -0.25) is 0 Å². The summed E-state index contributed by atoms with van der Waals surface area (Å²) in [4.78, 5) is 3.68. The van der Waals surface area contributed by atoms with Gasteiger partial charge in [-0.25, -0.2) is 0 Å². The summed E-state index contributed by atoms with van der Waals surface area (Å²) in [6.45, 7) is 0. The number of aromatic nitrogens is 2. The zero-order valence-electron chi connectivity index (χ0n) is 46.3. The smallest absolute Gasteiger partial charge is 0.310 e. The molecule has 0 fully saturated rings. The van der Waals surface area contributed by atoms with Crippen LogP contribution in [0.2, 0.25) is 0 Å². The van der Waals surface area contributed by atoms with Crippen molar-refractivity contribution in [2.45, 2.75) is 24.7 Å². The highest BCUT2D eigenvalue weighted by molar-refractivity contribution is 6.15. The van der Waals surface area contributed by atoms with E-state index in [1.54, 1.807) is 170 Å². The van der Waals surface area contributed by atoms with Crippen molar-refractivity contribution < 1.29 is 52.7 Å². The van der Waals surface area contributed by atoms with E-state index in [1.165, 1.54) is 9.13 Å². The van der Waals surface area contributed by atoms with Gasteiger partial charge in [0.1, 0.15) is 12.1 Å². The van der Waals surface area contributed by atoms with Gasteiger partial charge >= 0.3 is 24.7 Å². The first-order valence-electron chi connectivity index (χ1n) is 27.6. The highest BCUT2D eigenvalue weighted by Crippen LogP contribution is 2.55. The zero-order valence-corrected chi connectivity index (χ0v) is 46.3. The fourth-order valence-electron chi connectivity index (χ4n) is 12.1. The van der Waals surface area contributed by atoms with Gasteiger partial charge in [0.25, 0.3) is 0 Å². The minimum Gasteiger partial charge on any atom is -0.310 e. The van der Waals surface area contributed by atoms with E-state index in [9.17, 15) is 36.9 Å². The Bertz CT molecular complexity index is 4650. The molecule has 0 N–H and O–H groups in total. The Labute approximate surface area is 504 Å². The van der Waals surface area contributed by atoms with Gasteiger partial charge in [0, 0.05) is 66.5 Å². The van der Waals surface area contributed by atoms with Crippen LogP contribution in [0.25, 0.3) is 77.2 Å². The molecule has 0 atom stereocenters. The van der Waals surface area contributed by atoms with Gasteiger partial charge in [0.15, 0.2) is 0 Å². The number of alkyl halides is 12. The van der Waals surface area contributed by atoms with E-state index in [4.69, 9.17) is 0 Å². The van der Waals surface area contributed by atoms with Crippen molar-refractivity contribution >= 4 is 77.7 Å². The first kappa shape index (κ1) is 57.8. The number of hydrogen-bond donors (Lipinski definition) is 0. The minimum absolute atomic E-state index is 0.123. The molecule has 2 heterocycles. The van der Waals surface area contributed by atoms with E-state index < -0.39 is 58.1 Å². The molecule has 0 unspecified atom stereocenters. The molecule has 0 saturated carbocycles. The molecule has 442 valence electrons. The average Bonchev–Trinajstić information content (AvgIpc) is 1.38. The van der Waals surface area contributed by atoms with E-state index in [0.29, 0.717) is 46.3 Å². The van der Waals surface area contributed by atoms with Crippen LogP contribution in [0.15, 0.2) is 243 Å². The molecular weight excluding hydrogens is 1180 g/mol. The summed E-state index contributed by atoms with van der Waals surface area (Å²) in [6, 6.07) is 63.8. The largest absolute Gasteiger partial charge is 0.416 e. The lowest BCUT2D eigenvalue weighted by Gasteiger charge is -2.32. The molecule has 13 aromatic rings. The van der Waals surface area contributed by atoms with Gasteiger partial charge in [-0.15, -0.1) is 0 Å². The molecule has 0 radical (unpaired) electrons. The molecule has 18 heteroatoms. The van der Waals surface area contributed by atoms with Crippen LogP contribution in [0.3, 0.4) is 0 Å². The van der Waals surface area contributed by atoms with Crippen LogP contribution in [0.4, 0.5) is 86.8 Å². The number of para-hydroxylation sites is 6. The van der Waals surface area contributed by atoms with Crippen molar-refractivity contribution in [3.63, 3.8) is 0 Å². The number of anilines is 6. The number of benzene rings is 11. The number of nitrogens with zero attached hydrogens (tertiary/aromatic N) is 6. The standard InChI is InChI=1S/C72H40F12N6/c73-69(74,75)43-29-33-61-53(37-43)54-38-44(70(76,77)78)30-34-62(54)89(61)67-57(41-85)65(51-25-13-15-27-59(51)87(47-17-5-1-6-18-47)48-19-7-2-8-20-48)68(90-63-35-31-45(71(79,80)81)39-55(63)56-40-46(72(82,83)84)32-36-64(56)90)66(58(67)42-86)52-26-14-16-28-60(52)88(49-21-9-3-10-22-49)50-23-11-4-12-24-50/h1-40H. The van der Waals surface area contributed by atoms with E-state index in [0.717, 1.165) is 60.7 Å². The minimum atomic E-state index is -5.03. The molecule has 0 aliphatic carbocycles. The normalized spacial score (nSPS) is 12.2. The Morgan fingerprint density at radius 2 is 0.533 bits per heavy atom. The van der Waals surface area contributed by atoms with Gasteiger partial charge in [0.05, 0.1) is 78.2 Å². The van der Waals surface area contributed by atoms with Gasteiger partial charge in [-0.2, -0.15) is 63.2 Å². The van der Waals surface area contributed by atoms with E-state index in [1.807, 2.05) is 9.80 Å². The summed E-state index contributed by atoms with van der Waals surface area (Å²) in [5.74, 6) is 0. The molecule has 0 amide bonds. The summed E-state index contributed by atoms with van der Waals surface area (Å²) in [5.41, 5.74) is -4.01. The fourth-order valence-corrected chi connectivity index (χ4v) is 12.1. The highest BCUT2D eigenvalue weighted by atomic mass is 19.4. The van der Waals surface area contributed by atoms with E-state index >= 15 is 26.3 Å². The molecule has 90 heavy (non-hydrogen) atoms. The molecule has 6 nitrogen and oxygen atoms in total. The molecule has 0 aliphatic rings. The zero-order chi connectivity index (χ0) is 63.0. The van der Waals surface area contributed by atoms with Gasteiger partial charge in [-0.05, 0) is 133 Å². The van der Waals surface area contributed by atoms with E-state index in [2.05, 4.69) is 12.1 Å². The van der Waals surface area contributed by atoms with Gasteiger partial charge < -0.3 is 18.9 Å². The summed E-state index contributed by atoms with van der Waals surface area (Å²) in [6.07, 6.45) is -20.1. The maximum Gasteiger partial charge on any atom is 0.416 e. The number of rotatable bonds is 10. The van der Waals surface area contributed by atoms with E-state index in [-0.39, 0.29) is 77.2 Å². The molecule has 0 spiro atoms. The Kier molecular flexibility index (Phi) is 14.0. The Morgan fingerprint density at radius 1 is 0.289 bits per heavy atom. The number of hydrogen-bond acceptors (Lipinski definition) is 4. The summed E-state index contributed by atoms with van der Waals surface area (Å²) in [7, 11) is 0. The highest BCUT2D eigenvalue weighted by Gasteiger charge is 2.39. The van der Waals surface area contributed by atoms with Crippen molar-refractivity contribution in [1.29, 1.82) is 10.5 Å². The predicted molar refractivity (Wildman–Crippen MR) is 325 cm³/mol. The predicted octanol–water partition coefficient (Wildman–Crippen LogP) is 22.0. The maximum atomic E-state index is 15.1. The topological polar surface area (TPSA) is 63.9 Å². The molecule has 2 aromatic heterocycles. The third-order valence-corrected chi connectivity index (χ3v) is 15.8. The Hall–Kier alpha value is -11.2. The van der Waals surface area contributed by atoms with Gasteiger partial charge in [-0.1, -0.05) is 109 Å². The van der Waals surface area contributed by atoms with Crippen molar-refractivity contribution in [1.82, 2.24) is 9.13 Å². The average molecular weight is 1220 g/mol. The SMILES string of the molecule is N#Cc1c(-c2ccccc2N(c2ccccc2)c2ccccc2)c(-n2c3ccc(C(F)(F)F)cc3c3cc(C(F)(F)F)ccc32)c(-c2ccccc2N(c2ccccc2)c2ccccc2)c(C#N)c1-n1c2ccc(C(F)(F)F)cc2c2cc(C(F)(F)F)ccc21. The van der Waals surface area contributed by atoms with Crippen LogP contribution in [-0.4, -0.2) is 9.13 Å².